The van der Waals surface area contributed by atoms with Crippen LogP contribution in [0.4, 0.5) is 9.18 Å². The highest BCUT2D eigenvalue weighted by molar-refractivity contribution is 8.18. The van der Waals surface area contributed by atoms with E-state index >= 15 is 0 Å². The molecule has 2 amide bonds. The number of carbonyl (C=O) groups is 2. The Morgan fingerprint density at radius 3 is 2.43 bits per heavy atom. The molecule has 1 saturated heterocycles. The molecular weight excluding hydrogens is 564 g/mol. The van der Waals surface area contributed by atoms with Gasteiger partial charge < -0.3 is 8.92 Å². The lowest BCUT2D eigenvalue weighted by molar-refractivity contribution is -0.123. The molecule has 0 aliphatic carbocycles. The first-order valence-corrected chi connectivity index (χ1v) is 13.7. The smallest absolute Gasteiger partial charge is 0.339 e. The van der Waals surface area contributed by atoms with Gasteiger partial charge in [0, 0.05) is 10.6 Å². The fraction of sp³-hybridized carbons (Fsp3) is 0.120. The van der Waals surface area contributed by atoms with Gasteiger partial charge in [-0.3, -0.25) is 14.5 Å². The number of hydrogen-bond acceptors (Lipinski definition) is 7. The first-order valence-electron chi connectivity index (χ1n) is 10.7. The van der Waals surface area contributed by atoms with E-state index in [4.69, 9.17) is 32.1 Å². The van der Waals surface area contributed by atoms with Crippen LogP contribution in [-0.4, -0.2) is 31.1 Å². The van der Waals surface area contributed by atoms with Gasteiger partial charge in [0.05, 0.1) is 23.1 Å². The lowest BCUT2D eigenvalue weighted by atomic mass is 10.1. The highest BCUT2D eigenvalue weighted by atomic mass is 35.5. The number of nitrogens with zero attached hydrogens (tertiary/aromatic N) is 1. The van der Waals surface area contributed by atoms with E-state index in [9.17, 15) is 22.4 Å². The lowest BCUT2D eigenvalue weighted by Crippen LogP contribution is -2.28. The number of rotatable bonds is 8. The Balaban J connectivity index is 1.64. The number of ether oxygens (including phenoxy) is 1. The van der Waals surface area contributed by atoms with Crippen molar-refractivity contribution in [2.24, 2.45) is 0 Å². The maximum absolute atomic E-state index is 14.2. The quantitative estimate of drug-likeness (QED) is 0.220. The minimum atomic E-state index is -4.20. The van der Waals surface area contributed by atoms with Gasteiger partial charge in [0.1, 0.15) is 10.7 Å². The van der Waals surface area contributed by atoms with Crippen LogP contribution >= 0.6 is 35.0 Å². The molecule has 4 rings (SSSR count). The van der Waals surface area contributed by atoms with Crippen LogP contribution in [0, 0.1) is 5.82 Å². The summed E-state index contributed by atoms with van der Waals surface area (Å²) in [7, 11) is -4.20. The van der Waals surface area contributed by atoms with Crippen LogP contribution in [0.15, 0.2) is 70.5 Å². The van der Waals surface area contributed by atoms with E-state index < -0.39 is 27.1 Å². The second kappa shape index (κ2) is 11.1. The summed E-state index contributed by atoms with van der Waals surface area (Å²) in [5.41, 5.74) is 0.378. The van der Waals surface area contributed by atoms with Crippen LogP contribution in [0.25, 0.3) is 6.08 Å². The van der Waals surface area contributed by atoms with Crippen LogP contribution < -0.4 is 8.92 Å². The van der Waals surface area contributed by atoms with Gasteiger partial charge in [-0.2, -0.15) is 8.42 Å². The third-order valence-corrected chi connectivity index (χ3v) is 7.88. The molecule has 0 saturated carbocycles. The average molecular weight is 582 g/mol. The molecule has 1 heterocycles. The van der Waals surface area contributed by atoms with Crippen LogP contribution in [-0.2, 0) is 21.5 Å². The van der Waals surface area contributed by atoms with E-state index in [1.807, 2.05) is 0 Å². The van der Waals surface area contributed by atoms with Gasteiger partial charge >= 0.3 is 10.1 Å². The summed E-state index contributed by atoms with van der Waals surface area (Å²) in [6, 6.07) is 14.4. The molecule has 0 aromatic heterocycles. The Morgan fingerprint density at radius 1 is 1.03 bits per heavy atom. The molecule has 7 nitrogen and oxygen atoms in total. The van der Waals surface area contributed by atoms with Gasteiger partial charge in [-0.05, 0) is 66.7 Å². The van der Waals surface area contributed by atoms with Crippen LogP contribution in [0.2, 0.25) is 10.0 Å². The van der Waals surface area contributed by atoms with Crippen molar-refractivity contribution >= 4 is 62.3 Å². The topological polar surface area (TPSA) is 90.0 Å². The third-order valence-electron chi connectivity index (χ3n) is 5.11. The molecule has 3 aromatic rings. The molecule has 0 bridgehead atoms. The Morgan fingerprint density at radius 2 is 1.76 bits per heavy atom. The standard InChI is InChI=1S/C25H18Cl2FNO6S2/c1-2-34-21-12-15(11-19(27)23(21)35-37(32,33)16-7-4-3-5-8-16)13-22-24(30)29(25(31)36-22)14-17-18(26)9-6-10-20(17)28/h3-13H,2,14H2,1H3/b22-13-. The summed E-state index contributed by atoms with van der Waals surface area (Å²) >= 11 is 13.1. The fourth-order valence-electron chi connectivity index (χ4n) is 3.39. The van der Waals surface area contributed by atoms with E-state index in [0.717, 1.165) is 4.90 Å². The zero-order chi connectivity index (χ0) is 26.7. The van der Waals surface area contributed by atoms with E-state index in [0.29, 0.717) is 17.3 Å². The number of thioether (sulfide) groups is 1. The van der Waals surface area contributed by atoms with Crippen LogP contribution in [0.3, 0.4) is 0 Å². The molecule has 37 heavy (non-hydrogen) atoms. The number of amides is 2. The predicted octanol–water partition coefficient (Wildman–Crippen LogP) is 6.54. The van der Waals surface area contributed by atoms with Crippen molar-refractivity contribution < 1.29 is 31.3 Å². The Hall–Kier alpha value is -3.05. The molecule has 0 radical (unpaired) electrons. The monoisotopic (exact) mass is 581 g/mol. The predicted molar refractivity (Wildman–Crippen MR) is 140 cm³/mol. The molecule has 0 atom stereocenters. The highest BCUT2D eigenvalue weighted by Gasteiger charge is 2.36. The van der Waals surface area contributed by atoms with Crippen molar-refractivity contribution in [1.82, 2.24) is 4.90 Å². The third kappa shape index (κ3) is 5.93. The average Bonchev–Trinajstić information content (AvgIpc) is 3.11. The number of benzene rings is 3. The van der Waals surface area contributed by atoms with Gasteiger partial charge in [0.25, 0.3) is 11.1 Å². The highest BCUT2D eigenvalue weighted by Crippen LogP contribution is 2.41. The number of imide groups is 1. The van der Waals surface area contributed by atoms with Crippen molar-refractivity contribution in [3.8, 4) is 11.5 Å². The maximum atomic E-state index is 14.2. The first-order chi connectivity index (χ1) is 17.6. The number of hydrogen-bond donors (Lipinski definition) is 0. The van der Waals surface area contributed by atoms with Crippen molar-refractivity contribution in [2.75, 3.05) is 6.61 Å². The fourth-order valence-corrected chi connectivity index (χ4v) is 5.73. The Kier molecular flexibility index (Phi) is 8.13. The largest absolute Gasteiger partial charge is 0.490 e. The van der Waals surface area contributed by atoms with E-state index in [-0.39, 0.29) is 50.1 Å². The summed E-state index contributed by atoms with van der Waals surface area (Å²) in [5, 5.41) is -0.591. The second-order valence-corrected chi connectivity index (χ2v) is 10.9. The maximum Gasteiger partial charge on any atom is 0.339 e. The van der Waals surface area contributed by atoms with E-state index in [1.54, 1.807) is 25.1 Å². The molecule has 1 aliphatic heterocycles. The van der Waals surface area contributed by atoms with Gasteiger partial charge in [0.2, 0.25) is 5.75 Å². The van der Waals surface area contributed by atoms with Gasteiger partial charge in [0.15, 0.2) is 5.75 Å². The zero-order valence-electron chi connectivity index (χ0n) is 19.1. The summed E-state index contributed by atoms with van der Waals surface area (Å²) in [4.78, 5) is 26.3. The van der Waals surface area contributed by atoms with E-state index in [2.05, 4.69) is 0 Å². The molecule has 0 spiro atoms. The molecule has 1 fully saturated rings. The van der Waals surface area contributed by atoms with Crippen molar-refractivity contribution in [1.29, 1.82) is 0 Å². The Bertz CT molecular complexity index is 1490. The van der Waals surface area contributed by atoms with Crippen molar-refractivity contribution in [3.63, 3.8) is 0 Å². The van der Waals surface area contributed by atoms with Crippen LogP contribution in [0.5, 0.6) is 11.5 Å². The van der Waals surface area contributed by atoms with Crippen LogP contribution in [0.1, 0.15) is 18.1 Å². The van der Waals surface area contributed by atoms with E-state index in [1.165, 1.54) is 48.5 Å². The first kappa shape index (κ1) is 27.0. The molecule has 3 aromatic carbocycles. The summed E-state index contributed by atoms with van der Waals surface area (Å²) in [6.07, 6.45) is 1.40. The van der Waals surface area contributed by atoms with Gasteiger partial charge in [-0.15, -0.1) is 0 Å². The molecule has 192 valence electrons. The Labute approximate surface area is 226 Å². The molecule has 12 heteroatoms. The lowest BCUT2D eigenvalue weighted by Gasteiger charge is -2.15. The summed E-state index contributed by atoms with van der Waals surface area (Å²) in [5.74, 6) is -1.47. The SMILES string of the molecule is CCOc1cc(/C=C2\SC(=O)N(Cc3c(F)cccc3Cl)C2=O)cc(Cl)c1OS(=O)(=O)c1ccccc1. The number of halogens is 3. The summed E-state index contributed by atoms with van der Waals surface area (Å²) < 4.78 is 50.4. The van der Waals surface area contributed by atoms with Gasteiger partial charge in [-0.25, -0.2) is 4.39 Å². The van der Waals surface area contributed by atoms with Crippen molar-refractivity contribution in [3.05, 3.63) is 92.6 Å². The zero-order valence-corrected chi connectivity index (χ0v) is 22.3. The summed E-state index contributed by atoms with van der Waals surface area (Å²) in [6.45, 7) is 1.53. The second-order valence-electron chi connectivity index (χ2n) is 7.58. The number of carbonyl (C=O) groups excluding carboxylic acids is 2. The normalized spacial score (nSPS) is 14.9. The minimum absolute atomic E-state index is 0.0236. The molecular formula is C25H18Cl2FNO6S2. The minimum Gasteiger partial charge on any atom is -0.490 e. The molecule has 0 N–H and O–H groups in total. The molecule has 0 unspecified atom stereocenters. The van der Waals surface area contributed by atoms with Gasteiger partial charge in [-0.1, -0.05) is 47.5 Å². The molecule has 1 aliphatic rings. The van der Waals surface area contributed by atoms with Crippen molar-refractivity contribution in [2.45, 2.75) is 18.4 Å².